The molecule has 1 N–H and O–H groups in total. The molecule has 0 radical (unpaired) electrons. The Morgan fingerprint density at radius 2 is 2.38 bits per heavy atom. The molecule has 3 rings (SSSR count). The first-order valence-electron chi connectivity index (χ1n) is 4.90. The summed E-state index contributed by atoms with van der Waals surface area (Å²) in [6, 6.07) is 0. The molecule has 68 valence electrons. The summed E-state index contributed by atoms with van der Waals surface area (Å²) in [5.74, 6) is 0.696. The Kier molecular flexibility index (Phi) is 1.22. The summed E-state index contributed by atoms with van der Waals surface area (Å²) in [5, 5.41) is 3.40. The van der Waals surface area contributed by atoms with E-state index in [1.165, 1.54) is 29.1 Å². The summed E-state index contributed by atoms with van der Waals surface area (Å²) in [5.41, 5.74) is 5.82. The lowest BCUT2D eigenvalue weighted by Gasteiger charge is -2.20. The number of nitrogens with zero attached hydrogens (tertiary/aromatic N) is 1. The highest BCUT2D eigenvalue weighted by Crippen LogP contribution is 2.38. The lowest BCUT2D eigenvalue weighted by atomic mass is 9.93. The van der Waals surface area contributed by atoms with Crippen LogP contribution < -0.4 is 5.32 Å². The number of anilines is 1. The second kappa shape index (κ2) is 2.19. The van der Waals surface area contributed by atoms with E-state index in [1.54, 1.807) is 0 Å². The van der Waals surface area contributed by atoms with Crippen LogP contribution in [0.3, 0.4) is 0 Å². The lowest BCUT2D eigenvalue weighted by Crippen LogP contribution is -2.16. The van der Waals surface area contributed by atoms with E-state index in [-0.39, 0.29) is 0 Å². The van der Waals surface area contributed by atoms with Crippen LogP contribution in [0.1, 0.15) is 23.9 Å². The molecule has 2 nitrogen and oxygen atoms in total. The number of allylic oxidation sites excluding steroid dienone is 1. The fraction of sp³-hybridized carbons (Fsp3) is 0.455. The van der Waals surface area contributed by atoms with Gasteiger partial charge in [-0.15, -0.1) is 0 Å². The Morgan fingerprint density at radius 1 is 1.54 bits per heavy atom. The van der Waals surface area contributed by atoms with Gasteiger partial charge in [0.15, 0.2) is 0 Å². The van der Waals surface area contributed by atoms with Crippen molar-refractivity contribution in [3.63, 3.8) is 0 Å². The van der Waals surface area contributed by atoms with E-state index >= 15 is 0 Å². The molecule has 0 bridgehead atoms. The predicted molar refractivity (Wildman–Crippen MR) is 54.6 cm³/mol. The van der Waals surface area contributed by atoms with Crippen LogP contribution in [0, 0.1) is 5.92 Å². The standard InChI is InChI=1S/C11H14N2/c1-7-3-4-9-8(5-7)11-10(6-12-11)13(9)2/h3-4,7,12H,5-6H2,1-2H3. The zero-order valence-electron chi connectivity index (χ0n) is 8.09. The third-order valence-corrected chi connectivity index (χ3v) is 3.21. The first-order chi connectivity index (χ1) is 6.27. The molecular formula is C11H14N2. The van der Waals surface area contributed by atoms with E-state index in [4.69, 9.17) is 0 Å². The number of nitrogens with one attached hydrogen (secondary N) is 1. The number of rotatable bonds is 0. The van der Waals surface area contributed by atoms with Gasteiger partial charge in [-0.3, -0.25) is 0 Å². The van der Waals surface area contributed by atoms with Crippen molar-refractivity contribution < 1.29 is 0 Å². The van der Waals surface area contributed by atoms with Crippen molar-refractivity contribution in [1.29, 1.82) is 0 Å². The Morgan fingerprint density at radius 3 is 3.08 bits per heavy atom. The Balaban J connectivity index is 2.23. The number of fused-ring (bicyclic) bond motifs is 3. The van der Waals surface area contributed by atoms with Crippen molar-refractivity contribution in [3.8, 4) is 0 Å². The van der Waals surface area contributed by atoms with Crippen molar-refractivity contribution in [2.45, 2.75) is 19.9 Å². The van der Waals surface area contributed by atoms with Gasteiger partial charge >= 0.3 is 0 Å². The van der Waals surface area contributed by atoms with E-state index in [0.717, 1.165) is 6.54 Å². The highest BCUT2D eigenvalue weighted by molar-refractivity contribution is 5.73. The van der Waals surface area contributed by atoms with Crippen LogP contribution in [-0.2, 0) is 20.0 Å². The first kappa shape index (κ1) is 7.25. The minimum absolute atomic E-state index is 0.696. The van der Waals surface area contributed by atoms with Crippen molar-refractivity contribution in [3.05, 3.63) is 23.0 Å². The summed E-state index contributed by atoms with van der Waals surface area (Å²) in [7, 11) is 2.17. The second-order valence-corrected chi connectivity index (χ2v) is 4.14. The molecule has 2 heterocycles. The molecule has 0 aromatic carbocycles. The molecule has 1 aromatic heterocycles. The maximum Gasteiger partial charge on any atom is 0.0614 e. The van der Waals surface area contributed by atoms with Crippen molar-refractivity contribution in [2.24, 2.45) is 13.0 Å². The van der Waals surface area contributed by atoms with Crippen LogP contribution in [0.5, 0.6) is 0 Å². The zero-order valence-corrected chi connectivity index (χ0v) is 8.09. The normalized spacial score (nSPS) is 23.1. The fourth-order valence-electron chi connectivity index (χ4n) is 2.36. The average molecular weight is 174 g/mol. The summed E-state index contributed by atoms with van der Waals surface area (Å²) in [6.07, 6.45) is 5.77. The van der Waals surface area contributed by atoms with Crippen LogP contribution in [0.15, 0.2) is 6.08 Å². The quantitative estimate of drug-likeness (QED) is 0.637. The molecular weight excluding hydrogens is 160 g/mol. The molecule has 0 saturated carbocycles. The van der Waals surface area contributed by atoms with Crippen LogP contribution in [0.25, 0.3) is 6.08 Å². The van der Waals surface area contributed by atoms with Crippen LogP contribution >= 0.6 is 0 Å². The highest BCUT2D eigenvalue weighted by Gasteiger charge is 2.27. The molecule has 2 aliphatic rings. The van der Waals surface area contributed by atoms with Crippen LogP contribution in [-0.4, -0.2) is 4.57 Å². The van der Waals surface area contributed by atoms with E-state index < -0.39 is 0 Å². The summed E-state index contributed by atoms with van der Waals surface area (Å²) in [6.45, 7) is 3.32. The Hall–Kier alpha value is -1.18. The van der Waals surface area contributed by atoms with Crippen molar-refractivity contribution >= 4 is 11.8 Å². The smallest absolute Gasteiger partial charge is 0.0614 e. The van der Waals surface area contributed by atoms with Gasteiger partial charge in [0.1, 0.15) is 0 Å². The van der Waals surface area contributed by atoms with Gasteiger partial charge < -0.3 is 9.88 Å². The topological polar surface area (TPSA) is 17.0 Å². The summed E-state index contributed by atoms with van der Waals surface area (Å²) >= 11 is 0. The third kappa shape index (κ3) is 0.781. The maximum atomic E-state index is 3.40. The number of aromatic nitrogens is 1. The molecule has 2 heteroatoms. The molecule has 0 fully saturated rings. The summed E-state index contributed by atoms with van der Waals surface area (Å²) < 4.78 is 2.32. The summed E-state index contributed by atoms with van der Waals surface area (Å²) in [4.78, 5) is 0. The molecule has 0 spiro atoms. The van der Waals surface area contributed by atoms with E-state index in [9.17, 15) is 0 Å². The first-order valence-corrected chi connectivity index (χ1v) is 4.90. The van der Waals surface area contributed by atoms with E-state index in [2.05, 4.69) is 36.0 Å². The van der Waals surface area contributed by atoms with Gasteiger partial charge in [0.2, 0.25) is 0 Å². The Labute approximate surface area is 78.3 Å². The van der Waals surface area contributed by atoms with Gasteiger partial charge in [-0.2, -0.15) is 0 Å². The van der Waals surface area contributed by atoms with Gasteiger partial charge in [-0.25, -0.2) is 0 Å². The lowest BCUT2D eigenvalue weighted by molar-refractivity contribution is 0.712. The highest BCUT2D eigenvalue weighted by atomic mass is 15.1. The minimum Gasteiger partial charge on any atom is -0.378 e. The molecule has 1 atom stereocenters. The van der Waals surface area contributed by atoms with Gasteiger partial charge in [-0.05, 0) is 18.4 Å². The van der Waals surface area contributed by atoms with E-state index in [1.807, 2.05) is 0 Å². The van der Waals surface area contributed by atoms with Gasteiger partial charge in [0.05, 0.1) is 17.9 Å². The monoisotopic (exact) mass is 174 g/mol. The third-order valence-electron chi connectivity index (χ3n) is 3.21. The molecule has 1 aromatic rings. The number of hydrogen-bond acceptors (Lipinski definition) is 1. The average Bonchev–Trinajstić information content (AvgIpc) is 2.18. The molecule has 1 aliphatic carbocycles. The maximum absolute atomic E-state index is 3.40. The molecule has 1 aliphatic heterocycles. The van der Waals surface area contributed by atoms with Gasteiger partial charge in [0, 0.05) is 18.3 Å². The van der Waals surface area contributed by atoms with Crippen LogP contribution in [0.2, 0.25) is 0 Å². The van der Waals surface area contributed by atoms with Crippen LogP contribution in [0.4, 0.5) is 5.69 Å². The zero-order chi connectivity index (χ0) is 9.00. The van der Waals surface area contributed by atoms with Gasteiger partial charge in [-0.1, -0.05) is 13.0 Å². The molecule has 1 unspecified atom stereocenters. The fourth-order valence-corrected chi connectivity index (χ4v) is 2.36. The predicted octanol–water partition coefficient (Wildman–Crippen LogP) is 2.16. The molecule has 0 saturated heterocycles. The Bertz CT molecular complexity index is 399. The number of hydrogen-bond donors (Lipinski definition) is 1. The largest absolute Gasteiger partial charge is 0.378 e. The van der Waals surface area contributed by atoms with Crippen molar-refractivity contribution in [2.75, 3.05) is 5.32 Å². The molecule has 0 amide bonds. The second-order valence-electron chi connectivity index (χ2n) is 4.14. The van der Waals surface area contributed by atoms with Crippen molar-refractivity contribution in [1.82, 2.24) is 4.57 Å². The minimum atomic E-state index is 0.696. The molecule has 13 heavy (non-hydrogen) atoms. The van der Waals surface area contributed by atoms with Gasteiger partial charge in [0.25, 0.3) is 0 Å². The van der Waals surface area contributed by atoms with E-state index in [0.29, 0.717) is 5.92 Å². The SMILES string of the molecule is CC1C=Cc2c(c3c(n2C)CN3)C1.